The number of fused-ring (bicyclic) bond motifs is 2. The minimum Gasteiger partial charge on any atom is -0.495 e. The Kier molecular flexibility index (Phi) is 5.96. The van der Waals surface area contributed by atoms with Gasteiger partial charge in [0.05, 0.1) is 32.9 Å². The lowest BCUT2D eigenvalue weighted by molar-refractivity contribution is -0.119. The van der Waals surface area contributed by atoms with Crippen molar-refractivity contribution in [1.29, 1.82) is 0 Å². The van der Waals surface area contributed by atoms with Crippen molar-refractivity contribution in [2.75, 3.05) is 33.2 Å². The number of anilines is 1. The number of nitrogens with one attached hydrogen (secondary N) is 1. The van der Waals surface area contributed by atoms with Crippen molar-refractivity contribution < 1.29 is 23.8 Å². The first-order chi connectivity index (χ1) is 15.0. The van der Waals surface area contributed by atoms with Crippen LogP contribution in [0, 0.1) is 0 Å². The largest absolute Gasteiger partial charge is 0.495 e. The van der Waals surface area contributed by atoms with E-state index in [0.717, 1.165) is 19.3 Å². The fourth-order valence-electron chi connectivity index (χ4n) is 4.56. The van der Waals surface area contributed by atoms with Crippen molar-refractivity contribution >= 4 is 29.1 Å². The van der Waals surface area contributed by atoms with E-state index >= 15 is 0 Å². The van der Waals surface area contributed by atoms with E-state index < -0.39 is 5.92 Å². The number of halogens is 1. The third kappa shape index (κ3) is 3.78. The molecule has 0 aliphatic carbocycles. The predicted octanol–water partition coefficient (Wildman–Crippen LogP) is 4.10. The number of carbonyl (C=O) groups is 2. The van der Waals surface area contributed by atoms with Crippen LogP contribution in [0.4, 0.5) is 5.69 Å². The van der Waals surface area contributed by atoms with Crippen molar-refractivity contribution in [3.05, 3.63) is 46.5 Å². The van der Waals surface area contributed by atoms with E-state index in [0.29, 0.717) is 45.6 Å². The first kappa shape index (κ1) is 21.3. The van der Waals surface area contributed by atoms with Crippen LogP contribution in [0.3, 0.4) is 0 Å². The van der Waals surface area contributed by atoms with Gasteiger partial charge in [0.25, 0.3) is 5.91 Å². The standard InChI is InChI=1S/C23H25ClN2O5/c1-29-18-8-7-13(24)10-16(18)25-22(27)21-14-11-19(30-2)20(31-3)12-15(14)23(28)26-9-5-4-6-17(21)26/h7-8,10-12,17,21H,4-6,9H2,1-3H3,(H,25,27)/t17-,21+/m0/s1. The van der Waals surface area contributed by atoms with E-state index in [-0.39, 0.29) is 17.9 Å². The van der Waals surface area contributed by atoms with Crippen LogP contribution in [-0.2, 0) is 4.79 Å². The number of amides is 2. The Morgan fingerprint density at radius 2 is 1.74 bits per heavy atom. The van der Waals surface area contributed by atoms with E-state index in [1.807, 2.05) is 4.90 Å². The lowest BCUT2D eigenvalue weighted by atomic mass is 9.78. The minimum atomic E-state index is -0.559. The van der Waals surface area contributed by atoms with Gasteiger partial charge in [-0.25, -0.2) is 0 Å². The first-order valence-electron chi connectivity index (χ1n) is 10.2. The van der Waals surface area contributed by atoms with Crippen LogP contribution in [0.1, 0.15) is 41.1 Å². The summed E-state index contributed by atoms with van der Waals surface area (Å²) in [5.41, 5.74) is 1.60. The zero-order valence-electron chi connectivity index (χ0n) is 17.7. The Balaban J connectivity index is 1.80. The normalized spacial score (nSPS) is 19.9. The second-order valence-electron chi connectivity index (χ2n) is 7.67. The fraction of sp³-hybridized carbons (Fsp3) is 0.391. The van der Waals surface area contributed by atoms with E-state index in [1.54, 1.807) is 30.3 Å². The van der Waals surface area contributed by atoms with Gasteiger partial charge in [0.2, 0.25) is 5.91 Å². The predicted molar refractivity (Wildman–Crippen MR) is 118 cm³/mol. The number of nitrogens with zero attached hydrogens (tertiary/aromatic N) is 1. The third-order valence-electron chi connectivity index (χ3n) is 6.02. The number of carbonyl (C=O) groups excluding carboxylic acids is 2. The highest BCUT2D eigenvalue weighted by atomic mass is 35.5. The highest BCUT2D eigenvalue weighted by Gasteiger charge is 2.45. The average molecular weight is 445 g/mol. The molecule has 0 saturated carbocycles. The van der Waals surface area contributed by atoms with Crippen LogP contribution in [0.25, 0.3) is 0 Å². The molecular formula is C23H25ClN2O5. The number of rotatable bonds is 5. The molecule has 2 aliphatic rings. The van der Waals surface area contributed by atoms with Gasteiger partial charge in [-0.2, -0.15) is 0 Å². The number of ether oxygens (including phenoxy) is 3. The Bertz CT molecular complexity index is 1030. The molecule has 1 N–H and O–H groups in total. The quantitative estimate of drug-likeness (QED) is 0.751. The van der Waals surface area contributed by atoms with Crippen LogP contribution in [0.5, 0.6) is 17.2 Å². The molecule has 0 spiro atoms. The van der Waals surface area contributed by atoms with E-state index in [4.69, 9.17) is 25.8 Å². The molecule has 0 radical (unpaired) electrons. The Morgan fingerprint density at radius 3 is 2.45 bits per heavy atom. The summed E-state index contributed by atoms with van der Waals surface area (Å²) < 4.78 is 16.2. The summed E-state index contributed by atoms with van der Waals surface area (Å²) in [6.07, 6.45) is 2.63. The molecule has 0 aromatic heterocycles. The van der Waals surface area contributed by atoms with Gasteiger partial charge in [-0.05, 0) is 55.2 Å². The molecule has 1 fully saturated rings. The summed E-state index contributed by atoms with van der Waals surface area (Å²) in [4.78, 5) is 28.7. The molecule has 2 amide bonds. The van der Waals surface area contributed by atoms with Crippen LogP contribution in [0.15, 0.2) is 30.3 Å². The van der Waals surface area contributed by atoms with Crippen LogP contribution < -0.4 is 19.5 Å². The second-order valence-corrected chi connectivity index (χ2v) is 8.10. The van der Waals surface area contributed by atoms with Gasteiger partial charge in [-0.15, -0.1) is 0 Å². The molecule has 7 nitrogen and oxygen atoms in total. The molecule has 4 rings (SSSR count). The van der Waals surface area contributed by atoms with Gasteiger partial charge in [-0.1, -0.05) is 11.6 Å². The van der Waals surface area contributed by atoms with Gasteiger partial charge >= 0.3 is 0 Å². The molecule has 2 aromatic carbocycles. The maximum atomic E-state index is 13.6. The Hall–Kier alpha value is -2.93. The minimum absolute atomic E-state index is 0.0787. The molecule has 2 atom stereocenters. The molecule has 2 heterocycles. The monoisotopic (exact) mass is 444 g/mol. The van der Waals surface area contributed by atoms with Crippen LogP contribution in [0.2, 0.25) is 5.02 Å². The van der Waals surface area contributed by atoms with E-state index in [2.05, 4.69) is 5.32 Å². The van der Waals surface area contributed by atoms with Crippen LogP contribution >= 0.6 is 11.6 Å². The zero-order valence-corrected chi connectivity index (χ0v) is 18.5. The second kappa shape index (κ2) is 8.67. The zero-order chi connectivity index (χ0) is 22.1. The molecule has 0 unspecified atom stereocenters. The number of methoxy groups -OCH3 is 3. The Labute approximate surface area is 186 Å². The maximum Gasteiger partial charge on any atom is 0.254 e. The highest BCUT2D eigenvalue weighted by Crippen LogP contribution is 2.43. The summed E-state index contributed by atoms with van der Waals surface area (Å²) in [6, 6.07) is 8.25. The topological polar surface area (TPSA) is 77.1 Å². The summed E-state index contributed by atoms with van der Waals surface area (Å²) in [6.45, 7) is 0.627. The molecule has 0 bridgehead atoms. The van der Waals surface area contributed by atoms with Crippen molar-refractivity contribution in [3.63, 3.8) is 0 Å². The van der Waals surface area contributed by atoms with Gasteiger partial charge in [0, 0.05) is 23.2 Å². The van der Waals surface area contributed by atoms with Crippen LogP contribution in [-0.4, -0.2) is 50.6 Å². The summed E-state index contributed by atoms with van der Waals surface area (Å²) in [7, 11) is 4.60. The molecule has 164 valence electrons. The van der Waals surface area contributed by atoms with E-state index in [1.165, 1.54) is 21.3 Å². The maximum absolute atomic E-state index is 13.6. The molecule has 1 saturated heterocycles. The molecule has 2 aromatic rings. The van der Waals surface area contributed by atoms with Crippen molar-refractivity contribution in [1.82, 2.24) is 4.90 Å². The SMILES string of the molecule is COc1ccc(Cl)cc1NC(=O)[C@@H]1c2cc(OC)c(OC)cc2C(=O)N2CCCC[C@@H]12. The molecule has 31 heavy (non-hydrogen) atoms. The van der Waals surface area contributed by atoms with Gasteiger partial charge in [0.1, 0.15) is 5.75 Å². The number of hydrogen-bond acceptors (Lipinski definition) is 5. The highest BCUT2D eigenvalue weighted by molar-refractivity contribution is 6.31. The lowest BCUT2D eigenvalue weighted by Gasteiger charge is -2.44. The van der Waals surface area contributed by atoms with Gasteiger partial charge in [0.15, 0.2) is 11.5 Å². The fourth-order valence-corrected chi connectivity index (χ4v) is 4.73. The van der Waals surface area contributed by atoms with Crippen molar-refractivity contribution in [2.24, 2.45) is 0 Å². The van der Waals surface area contributed by atoms with Crippen molar-refractivity contribution in [3.8, 4) is 17.2 Å². The van der Waals surface area contributed by atoms with Gasteiger partial charge < -0.3 is 24.4 Å². The number of hydrogen-bond donors (Lipinski definition) is 1. The number of benzene rings is 2. The molecule has 2 aliphatic heterocycles. The summed E-state index contributed by atoms with van der Waals surface area (Å²) in [5.74, 6) is 0.592. The van der Waals surface area contributed by atoms with Crippen molar-refractivity contribution in [2.45, 2.75) is 31.2 Å². The summed E-state index contributed by atoms with van der Waals surface area (Å²) >= 11 is 6.14. The summed E-state index contributed by atoms with van der Waals surface area (Å²) in [5, 5.41) is 3.46. The van der Waals surface area contributed by atoms with E-state index in [9.17, 15) is 9.59 Å². The average Bonchev–Trinajstić information content (AvgIpc) is 2.78. The van der Waals surface area contributed by atoms with Gasteiger partial charge in [-0.3, -0.25) is 9.59 Å². The third-order valence-corrected chi connectivity index (χ3v) is 6.25. The lowest BCUT2D eigenvalue weighted by Crippen LogP contribution is -2.53. The number of piperidine rings is 1. The molecular weight excluding hydrogens is 420 g/mol. The smallest absolute Gasteiger partial charge is 0.254 e. The Morgan fingerprint density at radius 1 is 1.03 bits per heavy atom. The first-order valence-corrected chi connectivity index (χ1v) is 10.6. The molecule has 8 heteroatoms.